The van der Waals surface area contributed by atoms with Crippen LogP contribution in [-0.2, 0) is 0 Å². The number of carboxylic acids is 1. The summed E-state index contributed by atoms with van der Waals surface area (Å²) in [5, 5.41) is 21.5. The van der Waals surface area contributed by atoms with E-state index in [1.54, 1.807) is 41.3 Å². The Labute approximate surface area is 210 Å². The van der Waals surface area contributed by atoms with Crippen LogP contribution in [0.5, 0.6) is 5.75 Å². The number of halogens is 1. The third kappa shape index (κ3) is 6.31. The van der Waals surface area contributed by atoms with Gasteiger partial charge in [0.1, 0.15) is 5.82 Å². The van der Waals surface area contributed by atoms with Gasteiger partial charge >= 0.3 is 5.97 Å². The molecule has 0 atom stereocenters. The number of hydrogen-bond donors (Lipinski definition) is 1. The Bertz CT molecular complexity index is 1280. The molecular weight excluding hydrogens is 457 g/mol. The summed E-state index contributed by atoms with van der Waals surface area (Å²) >= 11 is 0. The van der Waals surface area contributed by atoms with E-state index in [0.717, 1.165) is 12.8 Å². The Hall–Kier alpha value is -4.11. The monoisotopic (exact) mass is 484 g/mol. The first-order valence-electron chi connectivity index (χ1n) is 12.1. The zero-order valence-corrected chi connectivity index (χ0v) is 19.9. The van der Waals surface area contributed by atoms with E-state index in [1.165, 1.54) is 56.0 Å². The number of benzene rings is 3. The lowest BCUT2D eigenvalue weighted by Crippen LogP contribution is -2.32. The lowest BCUT2D eigenvalue weighted by molar-refractivity contribution is -0.268. The molecule has 0 heterocycles. The van der Waals surface area contributed by atoms with Crippen LogP contribution in [0.4, 0.5) is 10.1 Å². The second-order valence-electron chi connectivity index (χ2n) is 9.07. The second kappa shape index (κ2) is 11.5. The Kier molecular flexibility index (Phi) is 8.02. The van der Waals surface area contributed by atoms with E-state index < -0.39 is 11.7 Å². The van der Waals surface area contributed by atoms with Crippen molar-refractivity contribution in [2.75, 3.05) is 11.4 Å². The number of rotatable bonds is 7. The summed E-state index contributed by atoms with van der Waals surface area (Å²) < 4.78 is 13.1. The summed E-state index contributed by atoms with van der Waals surface area (Å²) in [6.07, 6.45) is 6.74. The van der Waals surface area contributed by atoms with Crippen molar-refractivity contribution >= 4 is 17.6 Å². The maximum absolute atomic E-state index is 13.5. The second-order valence-corrected chi connectivity index (χ2v) is 9.07. The number of carbonyl (C=O) groups excluding carboxylic acids is 1. The molecule has 0 aliphatic heterocycles. The summed E-state index contributed by atoms with van der Waals surface area (Å²) in [5.74, 6) is 4.14. The molecule has 1 fully saturated rings. The highest BCUT2D eigenvalue weighted by molar-refractivity contribution is 6.06. The molecule has 0 unspecified atom stereocenters. The molecule has 5 nitrogen and oxygen atoms in total. The molecule has 1 aliphatic rings. The molecule has 184 valence electrons. The zero-order chi connectivity index (χ0) is 25.5. The van der Waals surface area contributed by atoms with E-state index in [9.17, 15) is 24.2 Å². The van der Waals surface area contributed by atoms with E-state index in [2.05, 4.69) is 11.8 Å². The summed E-state index contributed by atoms with van der Waals surface area (Å²) in [6.45, 7) is 0.438. The summed E-state index contributed by atoms with van der Waals surface area (Å²) in [5.41, 5.74) is 1.90. The van der Waals surface area contributed by atoms with E-state index in [0.29, 0.717) is 34.8 Å². The number of aromatic carboxylic acids is 1. The van der Waals surface area contributed by atoms with Crippen LogP contribution >= 0.6 is 0 Å². The topological polar surface area (TPSA) is 80.7 Å². The SMILES string of the molecule is O=C(O)c1ccc(N(CCCC2CCCC2)C(=O)c2ccc(C#Cc3ccc(F)cc3)cc2)cc1[O-]. The fraction of sp³-hybridized carbons (Fsp3) is 0.267. The minimum Gasteiger partial charge on any atom is -0.872 e. The van der Waals surface area contributed by atoms with Gasteiger partial charge < -0.3 is 15.1 Å². The maximum atomic E-state index is 13.5. The number of amides is 1. The van der Waals surface area contributed by atoms with Crippen LogP contribution in [0.15, 0.2) is 66.7 Å². The van der Waals surface area contributed by atoms with Gasteiger partial charge in [0.25, 0.3) is 5.91 Å². The predicted octanol–water partition coefficient (Wildman–Crippen LogP) is 5.61. The Balaban J connectivity index is 1.53. The Morgan fingerprint density at radius 3 is 2.14 bits per heavy atom. The normalized spacial score (nSPS) is 13.1. The quantitative estimate of drug-likeness (QED) is 0.442. The average Bonchev–Trinajstić information content (AvgIpc) is 3.40. The zero-order valence-electron chi connectivity index (χ0n) is 19.9. The van der Waals surface area contributed by atoms with Crippen molar-refractivity contribution in [2.24, 2.45) is 5.92 Å². The van der Waals surface area contributed by atoms with Gasteiger partial charge in [0.15, 0.2) is 0 Å². The number of hydrogen-bond acceptors (Lipinski definition) is 3. The van der Waals surface area contributed by atoms with E-state index in [4.69, 9.17) is 0 Å². The van der Waals surface area contributed by atoms with Gasteiger partial charge in [-0.15, -0.1) is 0 Å². The standard InChI is InChI=1S/C30H28FNO4/c31-25-15-11-23(12-16-25)8-7-22-9-13-24(14-10-22)29(34)32(19-3-6-21-4-1-2-5-21)26-17-18-27(30(35)36)28(33)20-26/h9-18,20-21,33H,1-6,19H2,(H,35,36)/p-1. The van der Waals surface area contributed by atoms with Crippen LogP contribution in [0.3, 0.4) is 0 Å². The number of carbonyl (C=O) groups is 2. The molecule has 3 aromatic rings. The van der Waals surface area contributed by atoms with Gasteiger partial charge in [0.2, 0.25) is 0 Å². The summed E-state index contributed by atoms with van der Waals surface area (Å²) in [7, 11) is 0. The molecule has 0 radical (unpaired) electrons. The smallest absolute Gasteiger partial charge is 0.335 e. The average molecular weight is 485 g/mol. The fourth-order valence-corrected chi connectivity index (χ4v) is 4.57. The molecule has 4 rings (SSSR count). The minimum absolute atomic E-state index is 0.262. The van der Waals surface area contributed by atoms with Crippen LogP contribution < -0.4 is 10.0 Å². The van der Waals surface area contributed by atoms with Gasteiger partial charge in [0, 0.05) is 28.9 Å². The van der Waals surface area contributed by atoms with E-state index >= 15 is 0 Å². The first-order chi connectivity index (χ1) is 17.4. The minimum atomic E-state index is -1.29. The highest BCUT2D eigenvalue weighted by Gasteiger charge is 2.20. The van der Waals surface area contributed by atoms with Crippen LogP contribution in [0.25, 0.3) is 0 Å². The van der Waals surface area contributed by atoms with Crippen molar-refractivity contribution in [1.29, 1.82) is 0 Å². The molecule has 6 heteroatoms. The Morgan fingerprint density at radius 2 is 1.56 bits per heavy atom. The number of anilines is 1. The third-order valence-electron chi connectivity index (χ3n) is 6.55. The summed E-state index contributed by atoms with van der Waals surface area (Å²) in [4.78, 5) is 26.3. The van der Waals surface area contributed by atoms with Gasteiger partial charge in [-0.05, 0) is 85.5 Å². The van der Waals surface area contributed by atoms with Gasteiger partial charge in [-0.2, -0.15) is 0 Å². The largest absolute Gasteiger partial charge is 0.872 e. The molecule has 0 bridgehead atoms. The highest BCUT2D eigenvalue weighted by Crippen LogP contribution is 2.30. The highest BCUT2D eigenvalue weighted by atomic mass is 19.1. The number of carboxylic acid groups (broad SMARTS) is 1. The van der Waals surface area contributed by atoms with Crippen molar-refractivity contribution < 1.29 is 24.2 Å². The lowest BCUT2D eigenvalue weighted by atomic mass is 10.0. The van der Waals surface area contributed by atoms with Crippen molar-refractivity contribution in [2.45, 2.75) is 38.5 Å². The molecule has 0 saturated heterocycles. The van der Waals surface area contributed by atoms with Crippen molar-refractivity contribution in [3.05, 3.63) is 94.8 Å². The van der Waals surface area contributed by atoms with Crippen LogP contribution in [0.1, 0.15) is 70.4 Å². The van der Waals surface area contributed by atoms with Crippen LogP contribution in [0.2, 0.25) is 0 Å². The van der Waals surface area contributed by atoms with Crippen LogP contribution in [-0.4, -0.2) is 23.5 Å². The molecule has 1 aliphatic carbocycles. The van der Waals surface area contributed by atoms with Gasteiger partial charge in [-0.1, -0.05) is 43.3 Å². The van der Waals surface area contributed by atoms with Crippen molar-refractivity contribution in [3.63, 3.8) is 0 Å². The fourth-order valence-electron chi connectivity index (χ4n) is 4.57. The molecule has 36 heavy (non-hydrogen) atoms. The molecule has 0 spiro atoms. The first-order valence-corrected chi connectivity index (χ1v) is 12.1. The van der Waals surface area contributed by atoms with Crippen molar-refractivity contribution in [3.8, 4) is 17.6 Å². The van der Waals surface area contributed by atoms with Crippen molar-refractivity contribution in [1.82, 2.24) is 0 Å². The molecule has 1 saturated carbocycles. The van der Waals surface area contributed by atoms with E-state index in [1.807, 2.05) is 0 Å². The van der Waals surface area contributed by atoms with Gasteiger partial charge in [-0.3, -0.25) is 4.79 Å². The molecular formula is C30H27FNO4-. The Morgan fingerprint density at radius 1 is 0.944 bits per heavy atom. The van der Waals surface area contributed by atoms with Crippen LogP contribution in [0, 0.1) is 23.6 Å². The number of nitrogens with zero attached hydrogens (tertiary/aromatic N) is 1. The van der Waals surface area contributed by atoms with Gasteiger partial charge in [-0.25, -0.2) is 9.18 Å². The van der Waals surface area contributed by atoms with E-state index in [-0.39, 0.29) is 17.3 Å². The molecule has 1 amide bonds. The predicted molar refractivity (Wildman–Crippen MR) is 135 cm³/mol. The lowest BCUT2D eigenvalue weighted by Gasteiger charge is -2.25. The maximum Gasteiger partial charge on any atom is 0.335 e. The first kappa shape index (κ1) is 25.0. The summed E-state index contributed by atoms with van der Waals surface area (Å²) in [6, 6.07) is 16.8. The molecule has 1 N–H and O–H groups in total. The third-order valence-corrected chi connectivity index (χ3v) is 6.55. The molecule has 3 aromatic carbocycles. The molecule has 0 aromatic heterocycles. The van der Waals surface area contributed by atoms with Gasteiger partial charge in [0.05, 0.1) is 5.56 Å².